The molecule has 1 aromatic rings. The minimum atomic E-state index is -3.80. The van der Waals surface area contributed by atoms with Crippen LogP contribution in [0.4, 0.5) is 0 Å². The third kappa shape index (κ3) is 3.26. The lowest BCUT2D eigenvalue weighted by atomic mass is 10.2. The van der Waals surface area contributed by atoms with Gasteiger partial charge >= 0.3 is 0 Å². The molecule has 21 heavy (non-hydrogen) atoms. The molecule has 0 amide bonds. The van der Waals surface area contributed by atoms with Gasteiger partial charge in [0, 0.05) is 12.6 Å². The van der Waals surface area contributed by atoms with Crippen LogP contribution in [0.25, 0.3) is 0 Å². The molecule has 1 saturated heterocycles. The van der Waals surface area contributed by atoms with Gasteiger partial charge in [0.1, 0.15) is 0 Å². The van der Waals surface area contributed by atoms with Gasteiger partial charge in [-0.1, -0.05) is 13.0 Å². The first-order valence-electron chi connectivity index (χ1n) is 6.52. The maximum atomic E-state index is 12.7. The zero-order valence-corrected chi connectivity index (χ0v) is 13.2. The minimum absolute atomic E-state index is 0.0158. The monoisotopic (exact) mass is 328 g/mol. The fraction of sp³-hybridized carbons (Fsp3) is 0.462. The van der Waals surface area contributed by atoms with Crippen LogP contribution >= 0.6 is 0 Å². The first kappa shape index (κ1) is 15.9. The van der Waals surface area contributed by atoms with Crippen molar-refractivity contribution < 1.29 is 16.8 Å². The van der Waals surface area contributed by atoms with Crippen LogP contribution in [0.5, 0.6) is 0 Å². The number of benzene rings is 1. The van der Waals surface area contributed by atoms with Crippen LogP contribution in [0.1, 0.15) is 18.9 Å². The fourth-order valence-corrected chi connectivity index (χ4v) is 6.02. The highest BCUT2D eigenvalue weighted by molar-refractivity contribution is 7.92. The molecule has 1 aliphatic rings. The summed E-state index contributed by atoms with van der Waals surface area (Å²) in [6.07, 6.45) is 0.313. The molecule has 1 heterocycles. The Hall–Kier alpha value is -1.43. The van der Waals surface area contributed by atoms with Crippen molar-refractivity contribution in [3.8, 4) is 6.07 Å². The summed E-state index contributed by atoms with van der Waals surface area (Å²) in [5.41, 5.74) is 0.256. The first-order valence-corrected chi connectivity index (χ1v) is 9.79. The summed E-state index contributed by atoms with van der Waals surface area (Å²) >= 11 is 0. The lowest BCUT2D eigenvalue weighted by Gasteiger charge is -2.26. The van der Waals surface area contributed by atoms with E-state index in [1.807, 2.05) is 6.07 Å². The van der Waals surface area contributed by atoms with E-state index in [0.717, 1.165) is 0 Å². The number of nitriles is 1. The molecular weight excluding hydrogens is 312 g/mol. The zero-order chi connectivity index (χ0) is 15.7. The van der Waals surface area contributed by atoms with Crippen LogP contribution in [-0.2, 0) is 19.9 Å². The van der Waals surface area contributed by atoms with Gasteiger partial charge in [-0.2, -0.15) is 9.57 Å². The van der Waals surface area contributed by atoms with E-state index >= 15 is 0 Å². The maximum Gasteiger partial charge on any atom is 0.243 e. The third-order valence-electron chi connectivity index (χ3n) is 3.50. The van der Waals surface area contributed by atoms with E-state index in [1.54, 1.807) is 6.92 Å². The molecule has 8 heteroatoms. The van der Waals surface area contributed by atoms with E-state index in [1.165, 1.54) is 28.6 Å². The second-order valence-electron chi connectivity index (χ2n) is 4.90. The summed E-state index contributed by atoms with van der Waals surface area (Å²) in [5.74, 6) is -0.125. The molecular formula is C13H16N2O4S2. The van der Waals surface area contributed by atoms with Crippen molar-refractivity contribution in [3.63, 3.8) is 0 Å². The SMILES string of the molecule is CCN([C@H]1CCS(=O)(=O)C1)S(=O)(=O)c1cccc(C#N)c1. The van der Waals surface area contributed by atoms with Crippen LogP contribution < -0.4 is 0 Å². The van der Waals surface area contributed by atoms with Crippen molar-refractivity contribution in [3.05, 3.63) is 29.8 Å². The van der Waals surface area contributed by atoms with Crippen LogP contribution in [0.3, 0.4) is 0 Å². The van der Waals surface area contributed by atoms with Gasteiger partial charge in [0.2, 0.25) is 10.0 Å². The summed E-state index contributed by atoms with van der Waals surface area (Å²) < 4.78 is 49.6. The Labute approximate surface area is 125 Å². The molecule has 0 aromatic heterocycles. The fourth-order valence-electron chi connectivity index (χ4n) is 2.49. The van der Waals surface area contributed by atoms with Crippen molar-refractivity contribution in [2.24, 2.45) is 0 Å². The van der Waals surface area contributed by atoms with E-state index in [0.29, 0.717) is 6.42 Å². The Morgan fingerprint density at radius 1 is 1.43 bits per heavy atom. The second-order valence-corrected chi connectivity index (χ2v) is 9.02. The Kier molecular flexibility index (Phi) is 4.37. The predicted octanol–water partition coefficient (Wildman–Crippen LogP) is 0.756. The van der Waals surface area contributed by atoms with Gasteiger partial charge in [0.25, 0.3) is 0 Å². The molecule has 1 aromatic carbocycles. The predicted molar refractivity (Wildman–Crippen MR) is 77.8 cm³/mol. The van der Waals surface area contributed by atoms with E-state index in [-0.39, 0.29) is 28.5 Å². The van der Waals surface area contributed by atoms with Gasteiger partial charge in [-0.05, 0) is 24.6 Å². The van der Waals surface area contributed by atoms with Crippen molar-refractivity contribution in [1.29, 1.82) is 5.26 Å². The van der Waals surface area contributed by atoms with Crippen molar-refractivity contribution in [1.82, 2.24) is 4.31 Å². The summed E-state index contributed by atoms with van der Waals surface area (Å²) in [5, 5.41) is 8.87. The molecule has 1 fully saturated rings. The maximum absolute atomic E-state index is 12.7. The van der Waals surface area contributed by atoms with E-state index < -0.39 is 25.9 Å². The molecule has 6 nitrogen and oxygen atoms in total. The zero-order valence-electron chi connectivity index (χ0n) is 11.6. The second kappa shape index (κ2) is 5.75. The molecule has 0 radical (unpaired) electrons. The van der Waals surface area contributed by atoms with Gasteiger partial charge in [-0.15, -0.1) is 0 Å². The number of sulfonamides is 1. The highest BCUT2D eigenvalue weighted by Crippen LogP contribution is 2.25. The van der Waals surface area contributed by atoms with Gasteiger partial charge in [-0.25, -0.2) is 16.8 Å². The largest absolute Gasteiger partial charge is 0.243 e. The molecule has 1 aliphatic heterocycles. The quantitative estimate of drug-likeness (QED) is 0.813. The van der Waals surface area contributed by atoms with Crippen LogP contribution in [0.2, 0.25) is 0 Å². The van der Waals surface area contributed by atoms with Crippen molar-refractivity contribution in [2.75, 3.05) is 18.1 Å². The topological polar surface area (TPSA) is 95.3 Å². The van der Waals surface area contributed by atoms with Crippen LogP contribution in [-0.4, -0.2) is 45.2 Å². The normalized spacial score (nSPS) is 21.3. The Morgan fingerprint density at radius 3 is 2.67 bits per heavy atom. The van der Waals surface area contributed by atoms with Crippen molar-refractivity contribution >= 4 is 19.9 Å². The number of rotatable bonds is 4. The molecule has 0 spiro atoms. The first-order chi connectivity index (χ1) is 9.80. The molecule has 0 N–H and O–H groups in total. The van der Waals surface area contributed by atoms with Gasteiger partial charge in [-0.3, -0.25) is 0 Å². The lowest BCUT2D eigenvalue weighted by Crippen LogP contribution is -2.40. The Morgan fingerprint density at radius 2 is 2.14 bits per heavy atom. The summed E-state index contributed by atoms with van der Waals surface area (Å²) in [6, 6.07) is 7.12. The van der Waals surface area contributed by atoms with Crippen LogP contribution in [0.15, 0.2) is 29.2 Å². The van der Waals surface area contributed by atoms with E-state index in [4.69, 9.17) is 5.26 Å². The van der Waals surface area contributed by atoms with Crippen molar-refractivity contribution in [2.45, 2.75) is 24.3 Å². The third-order valence-corrected chi connectivity index (χ3v) is 7.27. The Bertz CT molecular complexity index is 779. The number of hydrogen-bond acceptors (Lipinski definition) is 5. The lowest BCUT2D eigenvalue weighted by molar-refractivity contribution is 0.354. The Balaban J connectivity index is 2.39. The molecule has 0 unspecified atom stereocenters. The minimum Gasteiger partial charge on any atom is -0.229 e. The van der Waals surface area contributed by atoms with E-state index in [9.17, 15) is 16.8 Å². The average Bonchev–Trinajstić information content (AvgIpc) is 2.79. The molecule has 1 atom stereocenters. The number of nitrogens with zero attached hydrogens (tertiary/aromatic N) is 2. The molecule has 0 bridgehead atoms. The number of hydrogen-bond donors (Lipinski definition) is 0. The number of sulfone groups is 1. The highest BCUT2D eigenvalue weighted by Gasteiger charge is 2.37. The van der Waals surface area contributed by atoms with Gasteiger partial charge < -0.3 is 0 Å². The molecule has 0 saturated carbocycles. The molecule has 114 valence electrons. The van der Waals surface area contributed by atoms with Crippen LogP contribution in [0, 0.1) is 11.3 Å². The highest BCUT2D eigenvalue weighted by atomic mass is 32.2. The summed E-state index contributed by atoms with van der Waals surface area (Å²) in [4.78, 5) is 0.0210. The molecule has 0 aliphatic carbocycles. The summed E-state index contributed by atoms with van der Waals surface area (Å²) in [7, 11) is -6.96. The smallest absolute Gasteiger partial charge is 0.229 e. The van der Waals surface area contributed by atoms with Gasteiger partial charge in [0.15, 0.2) is 9.84 Å². The van der Waals surface area contributed by atoms with Gasteiger partial charge in [0.05, 0.1) is 28.0 Å². The summed E-state index contributed by atoms with van der Waals surface area (Å²) in [6.45, 7) is 1.87. The molecule has 2 rings (SSSR count). The average molecular weight is 328 g/mol. The standard InChI is InChI=1S/C13H16N2O4S2/c1-2-15(12-6-7-20(16,17)10-12)21(18,19)13-5-3-4-11(8-13)9-14/h3-5,8,12H,2,6-7,10H2,1H3/t12-/m0/s1. The van der Waals surface area contributed by atoms with E-state index in [2.05, 4.69) is 0 Å².